The first-order valence-corrected chi connectivity index (χ1v) is 6.65. The molecule has 1 aromatic rings. The van der Waals surface area contributed by atoms with Crippen molar-refractivity contribution in [2.75, 3.05) is 11.9 Å². The molecule has 0 fully saturated rings. The summed E-state index contributed by atoms with van der Waals surface area (Å²) < 4.78 is 0.997. The van der Waals surface area contributed by atoms with Gasteiger partial charge in [0.15, 0.2) is 0 Å². The fourth-order valence-electron chi connectivity index (χ4n) is 1.42. The monoisotopic (exact) mass is 312 g/mol. The Morgan fingerprint density at radius 2 is 2.00 bits per heavy atom. The lowest BCUT2D eigenvalue weighted by Crippen LogP contribution is -2.32. The molecule has 0 aromatic heterocycles. The number of carbonyl (C=O) groups excluding carboxylic acids is 2. The van der Waals surface area contributed by atoms with Crippen molar-refractivity contribution in [3.8, 4) is 0 Å². The van der Waals surface area contributed by atoms with Gasteiger partial charge in [-0.2, -0.15) is 0 Å². The molecule has 0 atom stereocenters. The summed E-state index contributed by atoms with van der Waals surface area (Å²) in [5.41, 5.74) is 1.77. The van der Waals surface area contributed by atoms with Crippen LogP contribution in [-0.4, -0.2) is 18.4 Å². The van der Waals surface area contributed by atoms with Crippen LogP contribution in [0.2, 0.25) is 0 Å². The van der Waals surface area contributed by atoms with Gasteiger partial charge in [-0.25, -0.2) is 0 Å². The molecule has 1 rings (SSSR count). The number of hydrogen-bond donors (Lipinski definition) is 2. The van der Waals surface area contributed by atoms with Gasteiger partial charge in [0.1, 0.15) is 0 Å². The first-order chi connectivity index (χ1) is 8.52. The molecule has 0 saturated heterocycles. The quantitative estimate of drug-likeness (QED) is 0.878. The van der Waals surface area contributed by atoms with Gasteiger partial charge in [0, 0.05) is 16.6 Å². The van der Waals surface area contributed by atoms with Gasteiger partial charge in [-0.15, -0.1) is 0 Å². The first kappa shape index (κ1) is 14.7. The second-order valence-electron chi connectivity index (χ2n) is 4.04. The number of rotatable bonds is 5. The molecule has 18 heavy (non-hydrogen) atoms. The van der Waals surface area contributed by atoms with E-state index in [1.165, 1.54) is 0 Å². The predicted octanol–water partition coefficient (Wildman–Crippen LogP) is 2.61. The third kappa shape index (κ3) is 4.87. The highest BCUT2D eigenvalue weighted by atomic mass is 79.9. The van der Waals surface area contributed by atoms with Crippen LogP contribution in [0.1, 0.15) is 25.3 Å². The molecule has 0 saturated carbocycles. The molecule has 2 amide bonds. The Morgan fingerprint density at radius 1 is 1.28 bits per heavy atom. The number of benzene rings is 1. The predicted molar refractivity (Wildman–Crippen MR) is 75.4 cm³/mol. The number of hydrogen-bond acceptors (Lipinski definition) is 2. The summed E-state index contributed by atoms with van der Waals surface area (Å²) >= 11 is 3.39. The Bertz CT molecular complexity index is 447. The van der Waals surface area contributed by atoms with Crippen molar-refractivity contribution in [3.05, 3.63) is 28.2 Å². The van der Waals surface area contributed by atoms with Crippen molar-refractivity contribution in [1.29, 1.82) is 0 Å². The average Bonchev–Trinajstić information content (AvgIpc) is 2.32. The van der Waals surface area contributed by atoms with Crippen molar-refractivity contribution >= 4 is 33.4 Å². The number of carbonyl (C=O) groups is 2. The van der Waals surface area contributed by atoms with Gasteiger partial charge in [-0.3, -0.25) is 9.59 Å². The van der Waals surface area contributed by atoms with E-state index in [0.717, 1.165) is 22.1 Å². The number of aryl methyl sites for hydroxylation is 1. The Morgan fingerprint density at radius 3 is 2.61 bits per heavy atom. The van der Waals surface area contributed by atoms with E-state index < -0.39 is 0 Å². The Kier molecular flexibility index (Phi) is 5.85. The molecule has 4 nitrogen and oxygen atoms in total. The summed E-state index contributed by atoms with van der Waals surface area (Å²) in [7, 11) is 0. The van der Waals surface area contributed by atoms with Crippen molar-refractivity contribution in [2.24, 2.45) is 0 Å². The van der Waals surface area contributed by atoms with Gasteiger partial charge in [0.25, 0.3) is 0 Å². The molecule has 0 aliphatic rings. The van der Waals surface area contributed by atoms with Gasteiger partial charge in [-0.05, 0) is 37.1 Å². The summed E-state index contributed by atoms with van der Waals surface area (Å²) in [6.45, 7) is 3.88. The van der Waals surface area contributed by atoms with Gasteiger partial charge in [0.05, 0.1) is 6.54 Å². The molecule has 0 heterocycles. The van der Waals surface area contributed by atoms with Crippen LogP contribution in [0.25, 0.3) is 0 Å². The molecular formula is C13H17BrN2O2. The minimum absolute atomic E-state index is 0.00788. The summed E-state index contributed by atoms with van der Waals surface area (Å²) in [5.74, 6) is -0.319. The molecule has 0 bridgehead atoms. The third-order valence-electron chi connectivity index (χ3n) is 2.36. The molecule has 0 aliphatic carbocycles. The summed E-state index contributed by atoms with van der Waals surface area (Å²) in [4.78, 5) is 22.8. The lowest BCUT2D eigenvalue weighted by molar-refractivity contribution is -0.124. The van der Waals surface area contributed by atoms with Crippen molar-refractivity contribution in [1.82, 2.24) is 5.32 Å². The van der Waals surface area contributed by atoms with E-state index in [2.05, 4.69) is 26.6 Å². The number of halogens is 1. The van der Waals surface area contributed by atoms with E-state index >= 15 is 0 Å². The smallest absolute Gasteiger partial charge is 0.243 e. The molecule has 2 N–H and O–H groups in total. The van der Waals surface area contributed by atoms with E-state index in [1.54, 1.807) is 0 Å². The number of amides is 2. The van der Waals surface area contributed by atoms with Crippen LogP contribution in [0.3, 0.4) is 0 Å². The Hall–Kier alpha value is -1.36. The Labute approximate surface area is 115 Å². The highest BCUT2D eigenvalue weighted by Gasteiger charge is 2.05. The fourth-order valence-corrected chi connectivity index (χ4v) is 1.67. The SMILES string of the molecule is CCCC(=O)NCC(=O)Nc1ccc(Br)c(C)c1. The van der Waals surface area contributed by atoms with Crippen LogP contribution in [0.4, 0.5) is 5.69 Å². The zero-order valence-corrected chi connectivity index (χ0v) is 12.1. The largest absolute Gasteiger partial charge is 0.347 e. The number of nitrogens with one attached hydrogen (secondary N) is 2. The van der Waals surface area contributed by atoms with Gasteiger partial charge in [0.2, 0.25) is 11.8 Å². The van der Waals surface area contributed by atoms with E-state index in [9.17, 15) is 9.59 Å². The summed E-state index contributed by atoms with van der Waals surface area (Å²) in [6.07, 6.45) is 1.23. The van der Waals surface area contributed by atoms with Crippen LogP contribution >= 0.6 is 15.9 Å². The van der Waals surface area contributed by atoms with Gasteiger partial charge in [-0.1, -0.05) is 22.9 Å². The highest BCUT2D eigenvalue weighted by molar-refractivity contribution is 9.10. The van der Waals surface area contributed by atoms with Crippen LogP contribution in [0.15, 0.2) is 22.7 Å². The molecule has 0 aliphatic heterocycles. The lowest BCUT2D eigenvalue weighted by atomic mass is 10.2. The average molecular weight is 313 g/mol. The van der Waals surface area contributed by atoms with Gasteiger partial charge < -0.3 is 10.6 Å². The molecule has 0 spiro atoms. The lowest BCUT2D eigenvalue weighted by Gasteiger charge is -2.08. The zero-order chi connectivity index (χ0) is 13.5. The van der Waals surface area contributed by atoms with Gasteiger partial charge >= 0.3 is 0 Å². The standard InChI is InChI=1S/C13H17BrN2O2/c1-3-4-12(17)15-8-13(18)16-10-5-6-11(14)9(2)7-10/h5-7H,3-4,8H2,1-2H3,(H,15,17)(H,16,18). The highest BCUT2D eigenvalue weighted by Crippen LogP contribution is 2.19. The van der Waals surface area contributed by atoms with Crippen LogP contribution in [-0.2, 0) is 9.59 Å². The normalized spacial score (nSPS) is 9.94. The molecule has 0 radical (unpaired) electrons. The van der Waals surface area contributed by atoms with Crippen LogP contribution in [0, 0.1) is 6.92 Å². The minimum atomic E-state index is -0.221. The number of anilines is 1. The molecule has 1 aromatic carbocycles. The van der Waals surface area contributed by atoms with Crippen LogP contribution in [0.5, 0.6) is 0 Å². The molecule has 0 unspecified atom stereocenters. The fraction of sp³-hybridized carbons (Fsp3) is 0.385. The van der Waals surface area contributed by atoms with Crippen LogP contribution < -0.4 is 10.6 Å². The van der Waals surface area contributed by atoms with E-state index in [-0.39, 0.29) is 18.4 Å². The van der Waals surface area contributed by atoms with Crippen molar-refractivity contribution in [2.45, 2.75) is 26.7 Å². The molecule has 5 heteroatoms. The van der Waals surface area contributed by atoms with E-state index in [4.69, 9.17) is 0 Å². The minimum Gasteiger partial charge on any atom is -0.347 e. The Balaban J connectivity index is 2.44. The molecular weight excluding hydrogens is 296 g/mol. The first-order valence-electron chi connectivity index (χ1n) is 5.85. The molecule has 98 valence electrons. The second-order valence-corrected chi connectivity index (χ2v) is 4.89. The van der Waals surface area contributed by atoms with Crippen molar-refractivity contribution in [3.63, 3.8) is 0 Å². The van der Waals surface area contributed by atoms with E-state index in [0.29, 0.717) is 6.42 Å². The maximum Gasteiger partial charge on any atom is 0.243 e. The van der Waals surface area contributed by atoms with E-state index in [1.807, 2.05) is 32.0 Å². The summed E-state index contributed by atoms with van der Waals surface area (Å²) in [5, 5.41) is 5.30. The zero-order valence-electron chi connectivity index (χ0n) is 10.5. The maximum atomic E-state index is 11.6. The van der Waals surface area contributed by atoms with Crippen molar-refractivity contribution < 1.29 is 9.59 Å². The maximum absolute atomic E-state index is 11.6. The summed E-state index contributed by atoms with van der Waals surface area (Å²) in [6, 6.07) is 5.55. The topological polar surface area (TPSA) is 58.2 Å². The second kappa shape index (κ2) is 7.16. The third-order valence-corrected chi connectivity index (χ3v) is 3.25.